The molecule has 1 saturated heterocycles. The van der Waals surface area contributed by atoms with E-state index in [1.165, 1.54) is 6.20 Å². The summed E-state index contributed by atoms with van der Waals surface area (Å²) < 4.78 is 12.0. The fraction of sp³-hybridized carbons (Fsp3) is 0.533. The molecule has 1 aromatic rings. The number of aliphatic hydroxyl groups excluding tert-OH is 1. The van der Waals surface area contributed by atoms with E-state index < -0.39 is 35.7 Å². The van der Waals surface area contributed by atoms with Crippen molar-refractivity contribution in [2.75, 3.05) is 6.61 Å². The Balaban J connectivity index is 2.23. The second-order valence-corrected chi connectivity index (χ2v) is 5.18. The zero-order valence-electron chi connectivity index (χ0n) is 12.7. The van der Waals surface area contributed by atoms with Gasteiger partial charge >= 0.3 is 11.7 Å². The van der Waals surface area contributed by atoms with Crippen LogP contribution < -0.4 is 11.2 Å². The Morgan fingerprint density at radius 2 is 2.35 bits per heavy atom. The maximum absolute atomic E-state index is 11.9. The second kappa shape index (κ2) is 7.26. The number of ether oxygens (including phenoxy) is 2. The lowest BCUT2D eigenvalue weighted by atomic mass is 10.2. The Hall–Kier alpha value is -2.37. The highest BCUT2D eigenvalue weighted by Gasteiger charge is 2.38. The standard InChI is InChI=1S/C15H18N2O6/c1-3-5-13(19)23-10-6-12(22-11(10)8-18)17-7-9(4-2)14(20)16-15(17)21/h2,7,10-12,18H,3,5-6,8H2,1H3,(H,16,20,21)/t10-,11+,12+/m0/s1. The lowest BCUT2D eigenvalue weighted by Gasteiger charge is -2.16. The van der Waals surface area contributed by atoms with E-state index in [4.69, 9.17) is 15.9 Å². The van der Waals surface area contributed by atoms with E-state index in [1.54, 1.807) is 0 Å². The highest BCUT2D eigenvalue weighted by atomic mass is 16.6. The molecule has 1 fully saturated rings. The predicted molar refractivity (Wildman–Crippen MR) is 79.7 cm³/mol. The van der Waals surface area contributed by atoms with Crippen molar-refractivity contribution in [3.63, 3.8) is 0 Å². The summed E-state index contributed by atoms with van der Waals surface area (Å²) in [7, 11) is 0. The van der Waals surface area contributed by atoms with E-state index in [0.717, 1.165) is 4.57 Å². The lowest BCUT2D eigenvalue weighted by molar-refractivity contribution is -0.153. The smallest absolute Gasteiger partial charge is 0.330 e. The van der Waals surface area contributed by atoms with Crippen LogP contribution in [0.3, 0.4) is 0 Å². The summed E-state index contributed by atoms with van der Waals surface area (Å²) >= 11 is 0. The van der Waals surface area contributed by atoms with Crippen LogP contribution in [0.2, 0.25) is 0 Å². The molecule has 0 unspecified atom stereocenters. The predicted octanol–water partition coefficient (Wildman–Crippen LogP) is -0.490. The molecule has 8 heteroatoms. The first kappa shape index (κ1) is 17.0. The first-order valence-corrected chi connectivity index (χ1v) is 7.28. The van der Waals surface area contributed by atoms with Crippen LogP contribution in [0.5, 0.6) is 0 Å². The largest absolute Gasteiger partial charge is 0.459 e. The van der Waals surface area contributed by atoms with Gasteiger partial charge in [0, 0.05) is 19.0 Å². The molecule has 0 radical (unpaired) electrons. The van der Waals surface area contributed by atoms with Crippen molar-refractivity contribution in [2.24, 2.45) is 0 Å². The van der Waals surface area contributed by atoms with Gasteiger partial charge in [-0.3, -0.25) is 19.1 Å². The number of nitrogens with one attached hydrogen (secondary N) is 1. The molecular formula is C15H18N2O6. The van der Waals surface area contributed by atoms with Gasteiger partial charge in [0.2, 0.25) is 0 Å². The molecule has 23 heavy (non-hydrogen) atoms. The van der Waals surface area contributed by atoms with Crippen molar-refractivity contribution in [1.82, 2.24) is 9.55 Å². The molecule has 1 aliphatic rings. The first-order valence-electron chi connectivity index (χ1n) is 7.28. The number of hydrogen-bond acceptors (Lipinski definition) is 6. The van der Waals surface area contributed by atoms with Gasteiger partial charge in [0.1, 0.15) is 24.0 Å². The molecule has 0 aliphatic carbocycles. The van der Waals surface area contributed by atoms with Crippen LogP contribution in [0.4, 0.5) is 0 Å². The Bertz CT molecular complexity index is 729. The van der Waals surface area contributed by atoms with E-state index >= 15 is 0 Å². The Morgan fingerprint density at radius 3 is 2.96 bits per heavy atom. The van der Waals surface area contributed by atoms with Crippen molar-refractivity contribution in [1.29, 1.82) is 0 Å². The highest BCUT2D eigenvalue weighted by Crippen LogP contribution is 2.30. The molecule has 1 aromatic heterocycles. The molecule has 1 aliphatic heterocycles. The average molecular weight is 322 g/mol. The molecule has 2 rings (SSSR count). The fourth-order valence-corrected chi connectivity index (χ4v) is 2.39. The van der Waals surface area contributed by atoms with Crippen LogP contribution in [0.1, 0.15) is 38.0 Å². The van der Waals surface area contributed by atoms with Crippen LogP contribution in [0.25, 0.3) is 0 Å². The minimum Gasteiger partial charge on any atom is -0.459 e. The Labute approximate surface area is 132 Å². The van der Waals surface area contributed by atoms with Crippen molar-refractivity contribution in [2.45, 2.75) is 44.6 Å². The molecule has 2 N–H and O–H groups in total. The molecule has 0 saturated carbocycles. The monoisotopic (exact) mass is 322 g/mol. The SMILES string of the molecule is C#Cc1cn([C@H]2C[C@H](OC(=O)CCC)[C@@H](CO)O2)c(=O)[nH]c1=O. The molecular weight excluding hydrogens is 304 g/mol. The van der Waals surface area contributed by atoms with Gasteiger partial charge in [-0.05, 0) is 6.42 Å². The number of aliphatic hydroxyl groups is 1. The number of terminal acetylenes is 1. The van der Waals surface area contributed by atoms with Crippen molar-refractivity contribution < 1.29 is 19.4 Å². The van der Waals surface area contributed by atoms with Crippen LogP contribution in [0, 0.1) is 12.3 Å². The van der Waals surface area contributed by atoms with Crippen LogP contribution in [-0.4, -0.2) is 39.4 Å². The molecule has 3 atom stereocenters. The number of aromatic nitrogens is 2. The van der Waals surface area contributed by atoms with Gasteiger partial charge in [-0.15, -0.1) is 6.42 Å². The third-order valence-corrected chi connectivity index (χ3v) is 3.53. The third kappa shape index (κ3) is 3.70. The van der Waals surface area contributed by atoms with E-state index in [1.807, 2.05) is 6.92 Å². The number of carbonyl (C=O) groups excluding carboxylic acids is 1. The summed E-state index contributed by atoms with van der Waals surface area (Å²) in [5.41, 5.74) is -1.35. The normalized spacial score (nSPS) is 23.4. The quantitative estimate of drug-likeness (QED) is 0.559. The summed E-state index contributed by atoms with van der Waals surface area (Å²) in [6.45, 7) is 1.49. The summed E-state index contributed by atoms with van der Waals surface area (Å²) in [6, 6.07) is 0. The van der Waals surface area contributed by atoms with Gasteiger partial charge in [-0.25, -0.2) is 4.79 Å². The number of aromatic amines is 1. The van der Waals surface area contributed by atoms with Crippen molar-refractivity contribution in [3.05, 3.63) is 32.6 Å². The molecule has 124 valence electrons. The zero-order valence-corrected chi connectivity index (χ0v) is 12.7. The maximum atomic E-state index is 11.9. The Morgan fingerprint density at radius 1 is 1.61 bits per heavy atom. The maximum Gasteiger partial charge on any atom is 0.330 e. The van der Waals surface area contributed by atoms with Gasteiger partial charge < -0.3 is 14.6 Å². The number of hydrogen-bond donors (Lipinski definition) is 2. The lowest BCUT2D eigenvalue weighted by Crippen LogP contribution is -2.33. The van der Waals surface area contributed by atoms with Gasteiger partial charge in [-0.1, -0.05) is 12.8 Å². The summed E-state index contributed by atoms with van der Waals surface area (Å²) in [6.07, 6.45) is 5.32. The van der Waals surface area contributed by atoms with E-state index in [2.05, 4.69) is 10.9 Å². The fourth-order valence-electron chi connectivity index (χ4n) is 2.39. The summed E-state index contributed by atoms with van der Waals surface area (Å²) in [5.74, 6) is 1.79. The molecule has 8 nitrogen and oxygen atoms in total. The van der Waals surface area contributed by atoms with Crippen LogP contribution in [0.15, 0.2) is 15.8 Å². The first-order chi connectivity index (χ1) is 11.0. The van der Waals surface area contributed by atoms with Crippen LogP contribution in [-0.2, 0) is 14.3 Å². The Kier molecular flexibility index (Phi) is 5.36. The molecule has 0 bridgehead atoms. The number of H-pyrrole nitrogens is 1. The molecule has 0 aromatic carbocycles. The zero-order chi connectivity index (χ0) is 17.0. The van der Waals surface area contributed by atoms with Crippen LogP contribution >= 0.6 is 0 Å². The molecule has 2 heterocycles. The average Bonchev–Trinajstić information content (AvgIpc) is 2.90. The topological polar surface area (TPSA) is 111 Å². The van der Waals surface area contributed by atoms with E-state index in [9.17, 15) is 19.5 Å². The molecule has 0 spiro atoms. The third-order valence-electron chi connectivity index (χ3n) is 3.53. The van der Waals surface area contributed by atoms with Gasteiger partial charge in [0.15, 0.2) is 0 Å². The highest BCUT2D eigenvalue weighted by molar-refractivity contribution is 5.69. The number of carbonyl (C=O) groups is 1. The number of rotatable bonds is 5. The molecule has 0 amide bonds. The van der Waals surface area contributed by atoms with Crippen molar-refractivity contribution in [3.8, 4) is 12.3 Å². The number of nitrogens with zero attached hydrogens (tertiary/aromatic N) is 1. The number of esters is 1. The van der Waals surface area contributed by atoms with Gasteiger partial charge in [-0.2, -0.15) is 0 Å². The summed E-state index contributed by atoms with van der Waals surface area (Å²) in [4.78, 5) is 37.1. The van der Waals surface area contributed by atoms with E-state index in [0.29, 0.717) is 6.42 Å². The van der Waals surface area contributed by atoms with Gasteiger partial charge in [0.25, 0.3) is 5.56 Å². The van der Waals surface area contributed by atoms with Crippen molar-refractivity contribution >= 4 is 5.97 Å². The minimum atomic E-state index is -0.789. The van der Waals surface area contributed by atoms with Gasteiger partial charge in [0.05, 0.1) is 6.61 Å². The summed E-state index contributed by atoms with van der Waals surface area (Å²) in [5, 5.41) is 9.36. The second-order valence-electron chi connectivity index (χ2n) is 5.18. The minimum absolute atomic E-state index is 0.0137. The van der Waals surface area contributed by atoms with E-state index in [-0.39, 0.29) is 25.0 Å².